The minimum Gasteiger partial charge on any atom is -0.207 e. The van der Waals surface area contributed by atoms with E-state index < -0.39 is 0 Å². The van der Waals surface area contributed by atoms with E-state index in [4.69, 9.17) is 23.2 Å². The zero-order chi connectivity index (χ0) is 13.3. The Balaban J connectivity index is 2.42. The molecule has 0 aliphatic heterocycles. The number of rotatable bonds is 2. The first kappa shape index (κ1) is 14.1. The van der Waals surface area contributed by atoms with E-state index in [2.05, 4.69) is 22.6 Å². The van der Waals surface area contributed by atoms with E-state index in [0.717, 1.165) is 14.7 Å². The van der Waals surface area contributed by atoms with Crippen molar-refractivity contribution < 1.29 is 4.39 Å². The second-order valence-corrected chi connectivity index (χ2v) is 6.13. The first-order valence-electron chi connectivity index (χ1n) is 5.34. The van der Waals surface area contributed by atoms with Crippen molar-refractivity contribution in [3.63, 3.8) is 0 Å². The van der Waals surface area contributed by atoms with Crippen molar-refractivity contribution in [3.05, 3.63) is 67.5 Å². The van der Waals surface area contributed by atoms with Crippen LogP contribution in [-0.4, -0.2) is 0 Å². The molecule has 0 radical (unpaired) electrons. The summed E-state index contributed by atoms with van der Waals surface area (Å²) in [6.45, 7) is 1.70. The van der Waals surface area contributed by atoms with Crippen molar-refractivity contribution in [1.82, 2.24) is 0 Å². The summed E-state index contributed by atoms with van der Waals surface area (Å²) in [5, 5.41) is -0.00884. The molecular weight excluding hydrogens is 385 g/mol. The highest BCUT2D eigenvalue weighted by molar-refractivity contribution is 14.1. The third-order valence-corrected chi connectivity index (χ3v) is 4.25. The van der Waals surface area contributed by atoms with Gasteiger partial charge in [-0.25, -0.2) is 4.39 Å². The Morgan fingerprint density at radius 2 is 1.78 bits per heavy atom. The van der Waals surface area contributed by atoms with E-state index in [9.17, 15) is 4.39 Å². The Morgan fingerprint density at radius 1 is 1.17 bits per heavy atom. The quantitative estimate of drug-likeness (QED) is 0.451. The normalized spacial score (nSPS) is 12.5. The first-order chi connectivity index (χ1) is 8.49. The summed E-state index contributed by atoms with van der Waals surface area (Å²) in [4.78, 5) is 0. The Morgan fingerprint density at radius 3 is 2.39 bits per heavy atom. The Hall–Kier alpha value is -0.320. The van der Waals surface area contributed by atoms with Gasteiger partial charge in [-0.1, -0.05) is 23.7 Å². The molecule has 4 heteroatoms. The molecule has 0 fully saturated rings. The van der Waals surface area contributed by atoms with Crippen molar-refractivity contribution >= 4 is 45.8 Å². The fourth-order valence-corrected chi connectivity index (χ4v) is 2.69. The van der Waals surface area contributed by atoms with Crippen LogP contribution in [0.3, 0.4) is 0 Å². The smallest absolute Gasteiger partial charge is 0.127 e. The SMILES string of the molecule is Cc1cc(C(Cl)c2ccc(I)cc2)c(Cl)cc1F. The fraction of sp³-hybridized carbons (Fsp3) is 0.143. The van der Waals surface area contributed by atoms with Crippen LogP contribution < -0.4 is 0 Å². The number of aryl methyl sites for hydroxylation is 1. The molecule has 0 aliphatic rings. The summed E-state index contributed by atoms with van der Waals surface area (Å²) in [6.07, 6.45) is 0. The van der Waals surface area contributed by atoms with Crippen LogP contribution in [0.2, 0.25) is 5.02 Å². The zero-order valence-electron chi connectivity index (χ0n) is 9.55. The van der Waals surface area contributed by atoms with Crippen molar-refractivity contribution in [2.24, 2.45) is 0 Å². The number of hydrogen-bond acceptors (Lipinski definition) is 0. The number of benzene rings is 2. The van der Waals surface area contributed by atoms with E-state index in [1.165, 1.54) is 6.07 Å². The van der Waals surface area contributed by atoms with Gasteiger partial charge in [-0.3, -0.25) is 0 Å². The standard InChI is InChI=1S/C14H10Cl2FI/c1-8-6-11(12(15)7-13(8)17)14(16)9-2-4-10(18)5-3-9/h2-7,14H,1H3. The van der Waals surface area contributed by atoms with E-state index in [0.29, 0.717) is 10.6 Å². The Kier molecular flexibility index (Phi) is 4.51. The molecule has 0 N–H and O–H groups in total. The molecule has 0 aliphatic carbocycles. The maximum Gasteiger partial charge on any atom is 0.127 e. The zero-order valence-corrected chi connectivity index (χ0v) is 13.2. The van der Waals surface area contributed by atoms with Crippen LogP contribution in [0.5, 0.6) is 0 Å². The molecule has 0 nitrogen and oxygen atoms in total. The topological polar surface area (TPSA) is 0 Å². The van der Waals surface area contributed by atoms with Crippen LogP contribution in [0.4, 0.5) is 4.39 Å². The van der Waals surface area contributed by atoms with Gasteiger partial charge in [0, 0.05) is 8.59 Å². The van der Waals surface area contributed by atoms with Gasteiger partial charge in [0.25, 0.3) is 0 Å². The van der Waals surface area contributed by atoms with Gasteiger partial charge in [-0.15, -0.1) is 11.6 Å². The molecule has 0 bridgehead atoms. The van der Waals surface area contributed by atoms with E-state index >= 15 is 0 Å². The number of alkyl halides is 1. The van der Waals surface area contributed by atoms with Crippen molar-refractivity contribution in [3.8, 4) is 0 Å². The average molecular weight is 395 g/mol. The number of hydrogen-bond donors (Lipinski definition) is 0. The molecule has 0 spiro atoms. The second-order valence-electron chi connectivity index (χ2n) is 4.04. The minimum absolute atomic E-state index is 0.310. The van der Waals surface area contributed by atoms with Gasteiger partial charge in [0.15, 0.2) is 0 Å². The summed E-state index contributed by atoms with van der Waals surface area (Å²) in [5.41, 5.74) is 2.23. The predicted molar refractivity (Wildman–Crippen MR) is 83.0 cm³/mol. The fourth-order valence-electron chi connectivity index (χ4n) is 1.69. The molecule has 94 valence electrons. The van der Waals surface area contributed by atoms with Crippen LogP contribution in [0, 0.1) is 16.3 Å². The first-order valence-corrected chi connectivity index (χ1v) is 7.23. The van der Waals surface area contributed by atoms with Gasteiger partial charge in [0.2, 0.25) is 0 Å². The summed E-state index contributed by atoms with van der Waals surface area (Å²) < 4.78 is 14.5. The molecule has 1 unspecified atom stereocenters. The molecule has 2 aromatic rings. The molecule has 18 heavy (non-hydrogen) atoms. The van der Waals surface area contributed by atoms with Gasteiger partial charge in [-0.05, 0) is 70.5 Å². The van der Waals surface area contributed by atoms with Gasteiger partial charge in [0.05, 0.1) is 5.38 Å². The molecular formula is C14H10Cl2FI. The average Bonchev–Trinajstić information content (AvgIpc) is 2.34. The predicted octanol–water partition coefficient (Wildman–Crippen LogP) is 5.72. The minimum atomic E-state index is -0.367. The third-order valence-electron chi connectivity index (χ3n) is 2.71. The molecule has 0 amide bonds. The van der Waals surface area contributed by atoms with E-state index in [-0.39, 0.29) is 11.2 Å². The van der Waals surface area contributed by atoms with Crippen LogP contribution in [0.25, 0.3) is 0 Å². The monoisotopic (exact) mass is 394 g/mol. The molecule has 0 heterocycles. The maximum absolute atomic E-state index is 13.3. The van der Waals surface area contributed by atoms with Crippen LogP contribution in [-0.2, 0) is 0 Å². The largest absolute Gasteiger partial charge is 0.207 e. The van der Waals surface area contributed by atoms with Gasteiger partial charge >= 0.3 is 0 Å². The summed E-state index contributed by atoms with van der Waals surface area (Å²) >= 11 is 14.7. The van der Waals surface area contributed by atoms with Crippen molar-refractivity contribution in [1.29, 1.82) is 0 Å². The lowest BCUT2D eigenvalue weighted by atomic mass is 10.0. The highest BCUT2D eigenvalue weighted by atomic mass is 127. The van der Waals surface area contributed by atoms with Gasteiger partial charge in [-0.2, -0.15) is 0 Å². The van der Waals surface area contributed by atoms with Crippen molar-refractivity contribution in [2.75, 3.05) is 0 Å². The molecule has 0 saturated heterocycles. The molecule has 0 saturated carbocycles. The second kappa shape index (κ2) is 5.76. The Labute approximate surface area is 129 Å². The highest BCUT2D eigenvalue weighted by Gasteiger charge is 2.16. The Bertz CT molecular complexity index is 567. The summed E-state index contributed by atoms with van der Waals surface area (Å²) in [5.74, 6) is -0.310. The lowest BCUT2D eigenvalue weighted by Gasteiger charge is -2.13. The number of halogens is 4. The maximum atomic E-state index is 13.3. The highest BCUT2D eigenvalue weighted by Crippen LogP contribution is 2.35. The third kappa shape index (κ3) is 2.98. The van der Waals surface area contributed by atoms with E-state index in [1.807, 2.05) is 24.3 Å². The van der Waals surface area contributed by atoms with Crippen LogP contribution in [0.1, 0.15) is 22.1 Å². The van der Waals surface area contributed by atoms with Crippen molar-refractivity contribution in [2.45, 2.75) is 12.3 Å². The van der Waals surface area contributed by atoms with Gasteiger partial charge < -0.3 is 0 Å². The molecule has 1 atom stereocenters. The van der Waals surface area contributed by atoms with Crippen LogP contribution >= 0.6 is 45.8 Å². The molecule has 2 aromatic carbocycles. The van der Waals surface area contributed by atoms with Gasteiger partial charge in [0.1, 0.15) is 5.82 Å². The lowest BCUT2D eigenvalue weighted by Crippen LogP contribution is -1.97. The lowest BCUT2D eigenvalue weighted by molar-refractivity contribution is 0.618. The summed E-state index contributed by atoms with van der Waals surface area (Å²) in [7, 11) is 0. The molecule has 2 rings (SSSR count). The van der Waals surface area contributed by atoms with Crippen LogP contribution in [0.15, 0.2) is 36.4 Å². The molecule has 0 aromatic heterocycles. The summed E-state index contributed by atoms with van der Waals surface area (Å²) in [6, 6.07) is 10.9. The van der Waals surface area contributed by atoms with E-state index in [1.54, 1.807) is 13.0 Å².